The SMILES string of the molecule is C=CC[C@@H](C=O)CCCC. The molecule has 1 atom stereocenters. The number of aldehydes is 1. The molecule has 0 heterocycles. The Bertz CT molecular complexity index is 96.9. The van der Waals surface area contributed by atoms with Crippen LogP contribution in [0.25, 0.3) is 0 Å². The molecule has 0 radical (unpaired) electrons. The van der Waals surface area contributed by atoms with Crippen LogP contribution >= 0.6 is 0 Å². The molecule has 0 unspecified atom stereocenters. The molecule has 0 fully saturated rings. The lowest BCUT2D eigenvalue weighted by Gasteiger charge is -2.04. The van der Waals surface area contributed by atoms with Gasteiger partial charge >= 0.3 is 0 Å². The van der Waals surface area contributed by atoms with E-state index >= 15 is 0 Å². The summed E-state index contributed by atoms with van der Waals surface area (Å²) in [7, 11) is 0. The van der Waals surface area contributed by atoms with Gasteiger partial charge in [-0.3, -0.25) is 0 Å². The predicted molar refractivity (Wildman–Crippen MR) is 43.9 cm³/mol. The summed E-state index contributed by atoms with van der Waals surface area (Å²) in [6.45, 7) is 5.73. The van der Waals surface area contributed by atoms with Crippen molar-refractivity contribution in [2.75, 3.05) is 0 Å². The molecule has 0 aromatic carbocycles. The van der Waals surface area contributed by atoms with Crippen LogP contribution in [-0.2, 0) is 4.79 Å². The lowest BCUT2D eigenvalue weighted by molar-refractivity contribution is -0.111. The third-order valence-electron chi connectivity index (χ3n) is 1.59. The van der Waals surface area contributed by atoms with Gasteiger partial charge in [0.1, 0.15) is 6.29 Å². The maximum absolute atomic E-state index is 10.4. The fourth-order valence-corrected chi connectivity index (χ4v) is 0.922. The van der Waals surface area contributed by atoms with E-state index < -0.39 is 0 Å². The number of unbranched alkanes of at least 4 members (excludes halogenated alkanes) is 1. The van der Waals surface area contributed by atoms with E-state index in [1.54, 1.807) is 0 Å². The second kappa shape index (κ2) is 6.53. The van der Waals surface area contributed by atoms with Crippen molar-refractivity contribution in [2.24, 2.45) is 5.92 Å². The van der Waals surface area contributed by atoms with Crippen molar-refractivity contribution in [2.45, 2.75) is 32.6 Å². The van der Waals surface area contributed by atoms with E-state index in [0.717, 1.165) is 25.5 Å². The van der Waals surface area contributed by atoms with Crippen LogP contribution in [0.5, 0.6) is 0 Å². The van der Waals surface area contributed by atoms with Crippen molar-refractivity contribution >= 4 is 6.29 Å². The van der Waals surface area contributed by atoms with Gasteiger partial charge in [-0.1, -0.05) is 25.8 Å². The van der Waals surface area contributed by atoms with Crippen LogP contribution in [0.15, 0.2) is 12.7 Å². The van der Waals surface area contributed by atoms with Gasteiger partial charge in [0, 0.05) is 5.92 Å². The Morgan fingerprint density at radius 1 is 1.60 bits per heavy atom. The monoisotopic (exact) mass is 140 g/mol. The second-order valence-corrected chi connectivity index (χ2v) is 2.56. The van der Waals surface area contributed by atoms with Crippen molar-refractivity contribution in [1.82, 2.24) is 0 Å². The van der Waals surface area contributed by atoms with Crippen LogP contribution in [-0.4, -0.2) is 6.29 Å². The molecule has 0 aromatic rings. The summed E-state index contributed by atoms with van der Waals surface area (Å²) in [6.07, 6.45) is 7.03. The highest BCUT2D eigenvalue weighted by molar-refractivity contribution is 5.53. The third-order valence-corrected chi connectivity index (χ3v) is 1.59. The first-order valence-electron chi connectivity index (χ1n) is 3.91. The van der Waals surface area contributed by atoms with E-state index in [4.69, 9.17) is 0 Å². The lowest BCUT2D eigenvalue weighted by Crippen LogP contribution is -1.99. The molecular weight excluding hydrogens is 124 g/mol. The van der Waals surface area contributed by atoms with Gasteiger partial charge in [-0.2, -0.15) is 0 Å². The summed E-state index contributed by atoms with van der Waals surface area (Å²) in [6, 6.07) is 0. The Labute approximate surface area is 63.1 Å². The molecule has 0 rings (SSSR count). The molecule has 10 heavy (non-hydrogen) atoms. The standard InChI is InChI=1S/C9H16O/c1-3-5-7-9(8-10)6-4-2/h4,8-9H,2-3,5-7H2,1H3/t9-/m1/s1. The summed E-state index contributed by atoms with van der Waals surface area (Å²) < 4.78 is 0. The van der Waals surface area contributed by atoms with E-state index in [-0.39, 0.29) is 5.92 Å². The number of carbonyl (C=O) groups excluding carboxylic acids is 1. The summed E-state index contributed by atoms with van der Waals surface area (Å²) in [4.78, 5) is 10.4. The Morgan fingerprint density at radius 3 is 2.70 bits per heavy atom. The fraction of sp³-hybridized carbons (Fsp3) is 0.667. The van der Waals surface area contributed by atoms with Crippen molar-refractivity contribution in [3.63, 3.8) is 0 Å². The smallest absolute Gasteiger partial charge is 0.123 e. The molecule has 0 bridgehead atoms. The zero-order valence-corrected chi connectivity index (χ0v) is 6.68. The van der Waals surface area contributed by atoms with Gasteiger partial charge in [-0.25, -0.2) is 0 Å². The molecule has 0 saturated heterocycles. The molecule has 1 nitrogen and oxygen atoms in total. The van der Waals surface area contributed by atoms with Crippen LogP contribution in [0.3, 0.4) is 0 Å². The highest BCUT2D eigenvalue weighted by atomic mass is 16.1. The molecule has 0 saturated carbocycles. The molecule has 0 aromatic heterocycles. The Hall–Kier alpha value is -0.590. The zero-order valence-electron chi connectivity index (χ0n) is 6.68. The topological polar surface area (TPSA) is 17.1 Å². The largest absolute Gasteiger partial charge is 0.303 e. The van der Waals surface area contributed by atoms with Crippen molar-refractivity contribution in [3.05, 3.63) is 12.7 Å². The van der Waals surface area contributed by atoms with Crippen LogP contribution < -0.4 is 0 Å². The van der Waals surface area contributed by atoms with Crippen LogP contribution in [0.4, 0.5) is 0 Å². The van der Waals surface area contributed by atoms with Gasteiger partial charge < -0.3 is 4.79 Å². The first-order valence-corrected chi connectivity index (χ1v) is 3.91. The van der Waals surface area contributed by atoms with Gasteiger partial charge in [0.15, 0.2) is 0 Å². The van der Waals surface area contributed by atoms with Gasteiger partial charge in [-0.05, 0) is 12.8 Å². The highest BCUT2D eigenvalue weighted by Crippen LogP contribution is 2.09. The van der Waals surface area contributed by atoms with Crippen LogP contribution in [0.2, 0.25) is 0 Å². The molecule has 1 heteroatoms. The van der Waals surface area contributed by atoms with E-state index in [2.05, 4.69) is 13.5 Å². The summed E-state index contributed by atoms with van der Waals surface area (Å²) in [5.41, 5.74) is 0. The van der Waals surface area contributed by atoms with Gasteiger partial charge in [-0.15, -0.1) is 6.58 Å². The zero-order chi connectivity index (χ0) is 7.82. The quantitative estimate of drug-likeness (QED) is 0.409. The van der Waals surface area contributed by atoms with Crippen molar-refractivity contribution < 1.29 is 4.79 Å². The van der Waals surface area contributed by atoms with Gasteiger partial charge in [0.05, 0.1) is 0 Å². The van der Waals surface area contributed by atoms with E-state index in [1.165, 1.54) is 6.42 Å². The molecule has 58 valence electrons. The predicted octanol–water partition coefficient (Wildman–Crippen LogP) is 2.57. The normalized spacial score (nSPS) is 12.5. The molecule has 0 aliphatic rings. The number of carbonyl (C=O) groups is 1. The number of rotatable bonds is 6. The highest BCUT2D eigenvalue weighted by Gasteiger charge is 2.02. The molecule has 0 aliphatic carbocycles. The Kier molecular flexibility index (Phi) is 6.14. The molecule has 0 amide bonds. The van der Waals surface area contributed by atoms with E-state index in [1.807, 2.05) is 6.08 Å². The summed E-state index contributed by atoms with van der Waals surface area (Å²) >= 11 is 0. The molecule has 0 N–H and O–H groups in total. The Balaban J connectivity index is 3.38. The maximum Gasteiger partial charge on any atom is 0.123 e. The van der Waals surface area contributed by atoms with E-state index in [0.29, 0.717) is 0 Å². The van der Waals surface area contributed by atoms with Gasteiger partial charge in [0.25, 0.3) is 0 Å². The minimum absolute atomic E-state index is 0.220. The molecule has 0 spiro atoms. The number of hydrogen-bond acceptors (Lipinski definition) is 1. The van der Waals surface area contributed by atoms with Crippen molar-refractivity contribution in [3.8, 4) is 0 Å². The molecule has 0 aliphatic heterocycles. The van der Waals surface area contributed by atoms with Crippen LogP contribution in [0, 0.1) is 5.92 Å². The third kappa shape index (κ3) is 4.30. The first kappa shape index (κ1) is 9.41. The average molecular weight is 140 g/mol. The summed E-state index contributed by atoms with van der Waals surface area (Å²) in [5.74, 6) is 0.220. The molecular formula is C9H16O. The maximum atomic E-state index is 10.4. The number of allylic oxidation sites excluding steroid dienone is 1. The minimum atomic E-state index is 0.220. The lowest BCUT2D eigenvalue weighted by atomic mass is 10.0. The van der Waals surface area contributed by atoms with Crippen molar-refractivity contribution in [1.29, 1.82) is 0 Å². The van der Waals surface area contributed by atoms with E-state index in [9.17, 15) is 4.79 Å². The Morgan fingerprint density at radius 2 is 2.30 bits per heavy atom. The minimum Gasteiger partial charge on any atom is -0.303 e. The average Bonchev–Trinajstić information content (AvgIpc) is 1.98. The number of hydrogen-bond donors (Lipinski definition) is 0. The van der Waals surface area contributed by atoms with Gasteiger partial charge in [0.2, 0.25) is 0 Å². The second-order valence-electron chi connectivity index (χ2n) is 2.56. The first-order chi connectivity index (χ1) is 4.85. The fourth-order valence-electron chi connectivity index (χ4n) is 0.922. The van der Waals surface area contributed by atoms with Crippen LogP contribution in [0.1, 0.15) is 32.6 Å². The summed E-state index contributed by atoms with van der Waals surface area (Å²) in [5, 5.41) is 0.